The third-order valence-electron chi connectivity index (χ3n) is 4.32. The fourth-order valence-corrected chi connectivity index (χ4v) is 2.93. The molecule has 0 bridgehead atoms. The second kappa shape index (κ2) is 6.90. The molecule has 0 aliphatic carbocycles. The minimum absolute atomic E-state index is 0.0485. The van der Waals surface area contributed by atoms with E-state index in [4.69, 9.17) is 4.98 Å². The molecule has 2 aromatic carbocycles. The third-order valence-corrected chi connectivity index (χ3v) is 4.32. The average molecular weight is 342 g/mol. The van der Waals surface area contributed by atoms with Crippen molar-refractivity contribution in [3.8, 4) is 22.5 Å². The van der Waals surface area contributed by atoms with Crippen molar-refractivity contribution >= 4 is 16.7 Å². The molecule has 2 heterocycles. The topological polar surface area (TPSA) is 70.9 Å². The molecular weight excluding hydrogens is 324 g/mol. The standard InChI is InChI=1S/C21H18N4O/c1-22-21-18-11-16(15-6-4-14(13-26)5-7-15)8-9-19(18)24-20(25-21)17-3-2-10-23-12-17/h2-12,26H,13H2,1H3,(H,22,24,25). The summed E-state index contributed by atoms with van der Waals surface area (Å²) in [5, 5.41) is 13.3. The Kier molecular flexibility index (Phi) is 4.29. The number of aromatic nitrogens is 3. The first-order valence-electron chi connectivity index (χ1n) is 8.38. The summed E-state index contributed by atoms with van der Waals surface area (Å²) in [5.74, 6) is 1.43. The van der Waals surface area contributed by atoms with Crippen LogP contribution < -0.4 is 5.32 Å². The first kappa shape index (κ1) is 16.2. The van der Waals surface area contributed by atoms with Crippen LogP contribution >= 0.6 is 0 Å². The van der Waals surface area contributed by atoms with Gasteiger partial charge in [0.1, 0.15) is 5.82 Å². The fourth-order valence-electron chi connectivity index (χ4n) is 2.93. The summed E-state index contributed by atoms with van der Waals surface area (Å²) in [4.78, 5) is 13.5. The number of aliphatic hydroxyl groups is 1. The van der Waals surface area contributed by atoms with E-state index in [1.165, 1.54) is 0 Å². The second-order valence-corrected chi connectivity index (χ2v) is 5.97. The van der Waals surface area contributed by atoms with Crippen molar-refractivity contribution in [2.45, 2.75) is 6.61 Å². The van der Waals surface area contributed by atoms with Crippen LogP contribution in [0.4, 0.5) is 5.82 Å². The summed E-state index contributed by atoms with van der Waals surface area (Å²) in [6.45, 7) is 0.0485. The highest BCUT2D eigenvalue weighted by Crippen LogP contribution is 2.29. The molecule has 4 aromatic rings. The lowest BCUT2D eigenvalue weighted by molar-refractivity contribution is 0.282. The lowest BCUT2D eigenvalue weighted by Crippen LogP contribution is -1.99. The van der Waals surface area contributed by atoms with Gasteiger partial charge in [-0.25, -0.2) is 9.97 Å². The summed E-state index contributed by atoms with van der Waals surface area (Å²) in [5.41, 5.74) is 4.82. The van der Waals surface area contributed by atoms with Crippen LogP contribution in [0.15, 0.2) is 67.0 Å². The lowest BCUT2D eigenvalue weighted by atomic mass is 10.0. The quantitative estimate of drug-likeness (QED) is 0.589. The van der Waals surface area contributed by atoms with Crippen LogP contribution in [0.3, 0.4) is 0 Å². The van der Waals surface area contributed by atoms with Crippen LogP contribution in [0.5, 0.6) is 0 Å². The monoisotopic (exact) mass is 342 g/mol. The molecule has 2 aromatic heterocycles. The zero-order valence-electron chi connectivity index (χ0n) is 14.3. The van der Waals surface area contributed by atoms with E-state index in [0.717, 1.165) is 39.0 Å². The number of hydrogen-bond acceptors (Lipinski definition) is 5. The van der Waals surface area contributed by atoms with Gasteiger partial charge in [-0.15, -0.1) is 0 Å². The molecular formula is C21H18N4O. The van der Waals surface area contributed by atoms with Gasteiger partial charge in [0.05, 0.1) is 12.1 Å². The van der Waals surface area contributed by atoms with E-state index in [1.54, 1.807) is 12.4 Å². The number of benzene rings is 2. The van der Waals surface area contributed by atoms with Crippen molar-refractivity contribution < 1.29 is 5.11 Å². The Balaban J connectivity index is 1.82. The van der Waals surface area contributed by atoms with E-state index in [-0.39, 0.29) is 6.61 Å². The number of nitrogens with zero attached hydrogens (tertiary/aromatic N) is 3. The van der Waals surface area contributed by atoms with Gasteiger partial charge in [-0.2, -0.15) is 0 Å². The molecule has 0 amide bonds. The number of aliphatic hydroxyl groups excluding tert-OH is 1. The van der Waals surface area contributed by atoms with Crippen LogP contribution in [0, 0.1) is 0 Å². The molecule has 5 nitrogen and oxygen atoms in total. The first-order chi connectivity index (χ1) is 12.8. The van der Waals surface area contributed by atoms with Crippen molar-refractivity contribution in [3.05, 3.63) is 72.6 Å². The molecule has 0 spiro atoms. The maximum atomic E-state index is 9.20. The Bertz CT molecular complexity index is 1050. The molecule has 0 saturated heterocycles. The maximum absolute atomic E-state index is 9.20. The van der Waals surface area contributed by atoms with Gasteiger partial charge in [-0.1, -0.05) is 30.3 Å². The maximum Gasteiger partial charge on any atom is 0.163 e. The molecule has 0 radical (unpaired) electrons. The van der Waals surface area contributed by atoms with Gasteiger partial charge in [0.15, 0.2) is 5.82 Å². The Hall–Kier alpha value is -3.31. The van der Waals surface area contributed by atoms with E-state index in [2.05, 4.69) is 27.4 Å². The number of rotatable bonds is 4. The van der Waals surface area contributed by atoms with Crippen molar-refractivity contribution in [1.82, 2.24) is 15.0 Å². The predicted octanol–water partition coefficient (Wildman–Crippen LogP) is 3.89. The average Bonchev–Trinajstić information content (AvgIpc) is 2.73. The SMILES string of the molecule is CNc1nc(-c2cccnc2)nc2ccc(-c3ccc(CO)cc3)cc12. The summed E-state index contributed by atoms with van der Waals surface area (Å²) in [6, 6.07) is 17.9. The molecule has 2 N–H and O–H groups in total. The molecule has 26 heavy (non-hydrogen) atoms. The smallest absolute Gasteiger partial charge is 0.163 e. The van der Waals surface area contributed by atoms with Crippen molar-refractivity contribution in [2.24, 2.45) is 0 Å². The van der Waals surface area contributed by atoms with Gasteiger partial charge >= 0.3 is 0 Å². The highest BCUT2D eigenvalue weighted by molar-refractivity contribution is 5.93. The second-order valence-electron chi connectivity index (χ2n) is 5.97. The molecule has 4 rings (SSSR count). The zero-order valence-corrected chi connectivity index (χ0v) is 14.3. The van der Waals surface area contributed by atoms with Crippen LogP contribution in [-0.4, -0.2) is 27.1 Å². The normalized spacial score (nSPS) is 10.8. The number of fused-ring (bicyclic) bond motifs is 1. The van der Waals surface area contributed by atoms with Gasteiger partial charge in [0.25, 0.3) is 0 Å². The molecule has 0 aliphatic heterocycles. The Morgan fingerprint density at radius 1 is 0.923 bits per heavy atom. The molecule has 128 valence electrons. The lowest BCUT2D eigenvalue weighted by Gasteiger charge is -2.10. The molecule has 0 aliphatic rings. The van der Waals surface area contributed by atoms with Gasteiger partial charge < -0.3 is 10.4 Å². The molecule has 5 heteroatoms. The fraction of sp³-hybridized carbons (Fsp3) is 0.0952. The summed E-state index contributed by atoms with van der Waals surface area (Å²) in [6.07, 6.45) is 3.50. The number of pyridine rings is 1. The van der Waals surface area contributed by atoms with Crippen molar-refractivity contribution in [2.75, 3.05) is 12.4 Å². The summed E-state index contributed by atoms with van der Waals surface area (Å²) >= 11 is 0. The van der Waals surface area contributed by atoms with E-state index in [0.29, 0.717) is 5.82 Å². The van der Waals surface area contributed by atoms with Crippen LogP contribution in [0.2, 0.25) is 0 Å². The zero-order chi connectivity index (χ0) is 17.9. The Morgan fingerprint density at radius 2 is 1.73 bits per heavy atom. The van der Waals surface area contributed by atoms with Gasteiger partial charge in [0, 0.05) is 30.4 Å². The Morgan fingerprint density at radius 3 is 2.42 bits per heavy atom. The molecule has 0 saturated carbocycles. The van der Waals surface area contributed by atoms with Crippen LogP contribution in [-0.2, 0) is 6.61 Å². The Labute approximate surface area is 151 Å². The van der Waals surface area contributed by atoms with Crippen molar-refractivity contribution in [1.29, 1.82) is 0 Å². The van der Waals surface area contributed by atoms with E-state index >= 15 is 0 Å². The number of hydrogen-bond donors (Lipinski definition) is 2. The van der Waals surface area contributed by atoms with Gasteiger partial charge in [-0.05, 0) is 41.0 Å². The van der Waals surface area contributed by atoms with Crippen molar-refractivity contribution in [3.63, 3.8) is 0 Å². The minimum Gasteiger partial charge on any atom is -0.392 e. The highest BCUT2D eigenvalue weighted by Gasteiger charge is 2.10. The molecule has 0 fully saturated rings. The predicted molar refractivity (Wildman–Crippen MR) is 104 cm³/mol. The van der Waals surface area contributed by atoms with Crippen LogP contribution in [0.1, 0.15) is 5.56 Å². The van der Waals surface area contributed by atoms with Crippen LogP contribution in [0.25, 0.3) is 33.4 Å². The van der Waals surface area contributed by atoms with Gasteiger partial charge in [-0.3, -0.25) is 4.98 Å². The highest BCUT2D eigenvalue weighted by atomic mass is 16.3. The van der Waals surface area contributed by atoms with E-state index in [1.807, 2.05) is 49.5 Å². The number of nitrogens with one attached hydrogen (secondary N) is 1. The third kappa shape index (κ3) is 3.00. The van der Waals surface area contributed by atoms with E-state index in [9.17, 15) is 5.11 Å². The molecule has 0 atom stereocenters. The van der Waals surface area contributed by atoms with Gasteiger partial charge in [0.2, 0.25) is 0 Å². The molecule has 0 unspecified atom stereocenters. The largest absolute Gasteiger partial charge is 0.392 e. The number of anilines is 1. The minimum atomic E-state index is 0.0485. The first-order valence-corrected chi connectivity index (χ1v) is 8.38. The summed E-state index contributed by atoms with van der Waals surface area (Å²) in [7, 11) is 1.86. The summed E-state index contributed by atoms with van der Waals surface area (Å²) < 4.78 is 0. The van der Waals surface area contributed by atoms with E-state index < -0.39 is 0 Å².